The Morgan fingerprint density at radius 3 is 2.58 bits per heavy atom. The second-order valence-corrected chi connectivity index (χ2v) is 4.56. The summed E-state index contributed by atoms with van der Waals surface area (Å²) in [6.45, 7) is 4.36. The SMILES string of the molecule is CNc1c(C)cccc1COc1ccc(F)cc1C. The number of rotatable bonds is 4. The second kappa shape index (κ2) is 5.74. The van der Waals surface area contributed by atoms with Crippen LogP contribution in [0.5, 0.6) is 5.75 Å². The topological polar surface area (TPSA) is 21.3 Å². The molecule has 0 heterocycles. The fourth-order valence-corrected chi connectivity index (χ4v) is 2.14. The standard InChI is InChI=1S/C16H18FNO/c1-11-5-4-6-13(16(11)18-3)10-19-15-8-7-14(17)9-12(15)2/h4-9,18H,10H2,1-3H3. The van der Waals surface area contributed by atoms with Crippen LogP contribution in [0, 0.1) is 19.7 Å². The molecule has 0 unspecified atom stereocenters. The van der Waals surface area contributed by atoms with Gasteiger partial charge in [0, 0.05) is 18.3 Å². The highest BCUT2D eigenvalue weighted by Gasteiger charge is 2.06. The highest BCUT2D eigenvalue weighted by Crippen LogP contribution is 2.24. The van der Waals surface area contributed by atoms with Gasteiger partial charge in [0.05, 0.1) is 0 Å². The second-order valence-electron chi connectivity index (χ2n) is 4.56. The predicted molar refractivity (Wildman–Crippen MR) is 76.2 cm³/mol. The first-order chi connectivity index (χ1) is 9.11. The molecule has 1 N–H and O–H groups in total. The van der Waals surface area contributed by atoms with Crippen LogP contribution < -0.4 is 10.1 Å². The van der Waals surface area contributed by atoms with Crippen LogP contribution in [0.2, 0.25) is 0 Å². The number of para-hydroxylation sites is 1. The third-order valence-corrected chi connectivity index (χ3v) is 3.13. The van der Waals surface area contributed by atoms with E-state index < -0.39 is 0 Å². The zero-order valence-electron chi connectivity index (χ0n) is 11.5. The highest BCUT2D eigenvalue weighted by molar-refractivity contribution is 5.56. The molecule has 2 rings (SSSR count). The lowest BCUT2D eigenvalue weighted by Crippen LogP contribution is -2.03. The zero-order valence-corrected chi connectivity index (χ0v) is 11.5. The van der Waals surface area contributed by atoms with E-state index in [1.54, 1.807) is 6.07 Å². The minimum absolute atomic E-state index is 0.240. The van der Waals surface area contributed by atoms with Crippen molar-refractivity contribution in [2.75, 3.05) is 12.4 Å². The zero-order chi connectivity index (χ0) is 13.8. The van der Waals surface area contributed by atoms with Crippen molar-refractivity contribution >= 4 is 5.69 Å². The van der Waals surface area contributed by atoms with Crippen molar-refractivity contribution in [2.24, 2.45) is 0 Å². The van der Waals surface area contributed by atoms with Crippen molar-refractivity contribution < 1.29 is 9.13 Å². The molecule has 0 aliphatic heterocycles. The average Bonchev–Trinajstić information content (AvgIpc) is 2.38. The summed E-state index contributed by atoms with van der Waals surface area (Å²) < 4.78 is 18.8. The van der Waals surface area contributed by atoms with Gasteiger partial charge in [-0.1, -0.05) is 18.2 Å². The maximum atomic E-state index is 13.0. The first-order valence-corrected chi connectivity index (χ1v) is 6.27. The van der Waals surface area contributed by atoms with Crippen LogP contribution in [0.1, 0.15) is 16.7 Å². The first kappa shape index (κ1) is 13.4. The Morgan fingerprint density at radius 1 is 1.11 bits per heavy atom. The van der Waals surface area contributed by atoms with E-state index in [9.17, 15) is 4.39 Å². The van der Waals surface area contributed by atoms with Crippen molar-refractivity contribution in [3.63, 3.8) is 0 Å². The maximum Gasteiger partial charge on any atom is 0.123 e. The Balaban J connectivity index is 2.17. The van der Waals surface area contributed by atoms with Gasteiger partial charge in [-0.15, -0.1) is 0 Å². The van der Waals surface area contributed by atoms with E-state index in [0.29, 0.717) is 12.4 Å². The van der Waals surface area contributed by atoms with Crippen molar-refractivity contribution in [1.82, 2.24) is 0 Å². The molecule has 0 spiro atoms. The minimum Gasteiger partial charge on any atom is -0.489 e. The van der Waals surface area contributed by atoms with Crippen LogP contribution in [0.25, 0.3) is 0 Å². The van der Waals surface area contributed by atoms with Gasteiger partial charge in [0.15, 0.2) is 0 Å². The molecule has 0 fully saturated rings. The predicted octanol–water partition coefficient (Wildman–Crippen LogP) is 4.06. The third kappa shape index (κ3) is 3.05. The minimum atomic E-state index is -0.240. The molecular formula is C16H18FNO. The summed E-state index contributed by atoms with van der Waals surface area (Å²) in [6.07, 6.45) is 0. The number of nitrogens with one attached hydrogen (secondary N) is 1. The summed E-state index contributed by atoms with van der Waals surface area (Å²) in [4.78, 5) is 0. The van der Waals surface area contributed by atoms with E-state index in [2.05, 4.69) is 18.3 Å². The van der Waals surface area contributed by atoms with E-state index in [1.165, 1.54) is 17.7 Å². The fraction of sp³-hybridized carbons (Fsp3) is 0.250. The lowest BCUT2D eigenvalue weighted by Gasteiger charge is -2.14. The molecule has 2 aromatic carbocycles. The monoisotopic (exact) mass is 259 g/mol. The average molecular weight is 259 g/mol. The molecule has 0 atom stereocenters. The van der Waals surface area contributed by atoms with Gasteiger partial charge < -0.3 is 10.1 Å². The molecule has 0 saturated heterocycles. The number of halogens is 1. The normalized spacial score (nSPS) is 10.3. The Labute approximate surface area is 113 Å². The number of anilines is 1. The molecule has 3 heteroatoms. The van der Waals surface area contributed by atoms with E-state index in [1.807, 2.05) is 26.1 Å². The molecule has 0 aliphatic carbocycles. The van der Waals surface area contributed by atoms with Crippen molar-refractivity contribution in [1.29, 1.82) is 0 Å². The number of aryl methyl sites for hydroxylation is 2. The van der Waals surface area contributed by atoms with Gasteiger partial charge in [0.25, 0.3) is 0 Å². The molecule has 0 bridgehead atoms. The molecule has 0 amide bonds. The van der Waals surface area contributed by atoms with Crippen LogP contribution in [0.3, 0.4) is 0 Å². The van der Waals surface area contributed by atoms with E-state index in [-0.39, 0.29) is 5.82 Å². The molecule has 2 aromatic rings. The summed E-state index contributed by atoms with van der Waals surface area (Å²) in [5.41, 5.74) is 4.16. The molecule has 0 saturated carbocycles. The Morgan fingerprint density at radius 2 is 1.89 bits per heavy atom. The summed E-state index contributed by atoms with van der Waals surface area (Å²) >= 11 is 0. The van der Waals surface area contributed by atoms with Gasteiger partial charge in [-0.3, -0.25) is 0 Å². The van der Waals surface area contributed by atoms with E-state index in [4.69, 9.17) is 4.74 Å². The van der Waals surface area contributed by atoms with E-state index >= 15 is 0 Å². The smallest absolute Gasteiger partial charge is 0.123 e. The number of hydrogen-bond acceptors (Lipinski definition) is 2. The first-order valence-electron chi connectivity index (χ1n) is 6.27. The fourth-order valence-electron chi connectivity index (χ4n) is 2.14. The molecule has 0 radical (unpaired) electrons. The summed E-state index contributed by atoms with van der Waals surface area (Å²) in [5.74, 6) is 0.473. The largest absolute Gasteiger partial charge is 0.489 e. The lowest BCUT2D eigenvalue weighted by molar-refractivity contribution is 0.304. The summed E-state index contributed by atoms with van der Waals surface area (Å²) in [6, 6.07) is 10.6. The molecule has 2 nitrogen and oxygen atoms in total. The molecule has 0 aliphatic rings. The van der Waals surface area contributed by atoms with Gasteiger partial charge in [0.1, 0.15) is 18.2 Å². The van der Waals surface area contributed by atoms with Crippen molar-refractivity contribution in [3.8, 4) is 5.75 Å². The van der Waals surface area contributed by atoms with Crippen molar-refractivity contribution in [2.45, 2.75) is 20.5 Å². The van der Waals surface area contributed by atoms with Gasteiger partial charge in [-0.25, -0.2) is 4.39 Å². The summed E-state index contributed by atoms with van der Waals surface area (Å²) in [7, 11) is 1.90. The number of ether oxygens (including phenoxy) is 1. The van der Waals surface area contributed by atoms with Crippen LogP contribution >= 0.6 is 0 Å². The highest BCUT2D eigenvalue weighted by atomic mass is 19.1. The number of hydrogen-bond donors (Lipinski definition) is 1. The Kier molecular flexibility index (Phi) is 4.05. The quantitative estimate of drug-likeness (QED) is 0.894. The molecular weight excluding hydrogens is 241 g/mol. The van der Waals surface area contributed by atoms with Crippen LogP contribution in [-0.2, 0) is 6.61 Å². The molecule has 19 heavy (non-hydrogen) atoms. The Bertz CT molecular complexity index is 581. The maximum absolute atomic E-state index is 13.0. The lowest BCUT2D eigenvalue weighted by atomic mass is 10.1. The third-order valence-electron chi connectivity index (χ3n) is 3.13. The Hall–Kier alpha value is -2.03. The molecule has 100 valence electrons. The van der Waals surface area contributed by atoms with E-state index in [0.717, 1.165) is 16.8 Å². The number of benzene rings is 2. The van der Waals surface area contributed by atoms with Gasteiger partial charge >= 0.3 is 0 Å². The van der Waals surface area contributed by atoms with Crippen LogP contribution in [-0.4, -0.2) is 7.05 Å². The van der Waals surface area contributed by atoms with Gasteiger partial charge in [-0.2, -0.15) is 0 Å². The van der Waals surface area contributed by atoms with Crippen LogP contribution in [0.4, 0.5) is 10.1 Å². The van der Waals surface area contributed by atoms with Crippen molar-refractivity contribution in [3.05, 3.63) is 58.9 Å². The van der Waals surface area contributed by atoms with Gasteiger partial charge in [-0.05, 0) is 43.2 Å². The summed E-state index contributed by atoms with van der Waals surface area (Å²) in [5, 5.41) is 3.18. The van der Waals surface area contributed by atoms with Gasteiger partial charge in [0.2, 0.25) is 0 Å². The van der Waals surface area contributed by atoms with Crippen LogP contribution in [0.15, 0.2) is 36.4 Å². The molecule has 0 aromatic heterocycles.